The highest BCUT2D eigenvalue weighted by Gasteiger charge is 2.10. The summed E-state index contributed by atoms with van der Waals surface area (Å²) in [5.74, 6) is -1.25. The maximum Gasteiger partial charge on any atom is 0.303 e. The standard InChI is InChI=1S/C15H13FO2/c16-15-12(9-10-14(17)18)7-4-8-13(15)11-5-2-1-3-6-11/h1-8H,9-10H2,(H,17,18). The van der Waals surface area contributed by atoms with Gasteiger partial charge in [0.2, 0.25) is 0 Å². The van der Waals surface area contributed by atoms with Crippen LogP contribution in [-0.4, -0.2) is 11.1 Å². The minimum absolute atomic E-state index is 0.0604. The number of carboxylic acids is 1. The van der Waals surface area contributed by atoms with Crippen molar-refractivity contribution in [1.29, 1.82) is 0 Å². The van der Waals surface area contributed by atoms with E-state index < -0.39 is 5.97 Å². The molecule has 0 aliphatic carbocycles. The molecule has 0 aromatic heterocycles. The summed E-state index contributed by atoms with van der Waals surface area (Å²) in [6, 6.07) is 14.3. The van der Waals surface area contributed by atoms with Crippen molar-refractivity contribution in [2.24, 2.45) is 0 Å². The van der Waals surface area contributed by atoms with E-state index in [9.17, 15) is 9.18 Å². The average molecular weight is 244 g/mol. The first-order valence-corrected chi connectivity index (χ1v) is 5.73. The Morgan fingerprint density at radius 3 is 2.44 bits per heavy atom. The largest absolute Gasteiger partial charge is 0.481 e. The predicted octanol–water partition coefficient (Wildman–Crippen LogP) is 3.51. The molecule has 2 aromatic rings. The molecule has 2 aromatic carbocycles. The van der Waals surface area contributed by atoms with Crippen LogP contribution in [0.4, 0.5) is 4.39 Å². The van der Waals surface area contributed by atoms with Gasteiger partial charge in [0.05, 0.1) is 0 Å². The van der Waals surface area contributed by atoms with Crippen molar-refractivity contribution >= 4 is 5.97 Å². The smallest absolute Gasteiger partial charge is 0.303 e. The first-order valence-electron chi connectivity index (χ1n) is 5.73. The van der Waals surface area contributed by atoms with Crippen molar-refractivity contribution in [3.63, 3.8) is 0 Å². The zero-order valence-corrected chi connectivity index (χ0v) is 9.77. The van der Waals surface area contributed by atoms with E-state index in [1.807, 2.05) is 30.3 Å². The van der Waals surface area contributed by atoms with Crippen LogP contribution in [0.25, 0.3) is 11.1 Å². The van der Waals surface area contributed by atoms with E-state index in [1.165, 1.54) is 0 Å². The van der Waals surface area contributed by atoms with E-state index >= 15 is 0 Å². The SMILES string of the molecule is O=C(O)CCc1cccc(-c2ccccc2)c1F. The highest BCUT2D eigenvalue weighted by atomic mass is 19.1. The molecular weight excluding hydrogens is 231 g/mol. The van der Waals surface area contributed by atoms with Gasteiger partial charge in [0.25, 0.3) is 0 Å². The fourth-order valence-corrected chi connectivity index (χ4v) is 1.86. The molecule has 3 heteroatoms. The second-order valence-electron chi connectivity index (χ2n) is 4.04. The first-order chi connectivity index (χ1) is 8.68. The van der Waals surface area contributed by atoms with Gasteiger partial charge in [0.1, 0.15) is 5.82 Å². The predicted molar refractivity (Wildman–Crippen MR) is 67.8 cm³/mol. The Bertz CT molecular complexity index is 550. The maximum absolute atomic E-state index is 14.2. The highest BCUT2D eigenvalue weighted by Crippen LogP contribution is 2.25. The van der Waals surface area contributed by atoms with E-state index in [0.29, 0.717) is 11.1 Å². The summed E-state index contributed by atoms with van der Waals surface area (Å²) in [4.78, 5) is 10.5. The maximum atomic E-state index is 14.2. The second kappa shape index (κ2) is 5.45. The number of benzene rings is 2. The van der Waals surface area contributed by atoms with Gasteiger partial charge >= 0.3 is 5.97 Å². The number of hydrogen-bond donors (Lipinski definition) is 1. The molecule has 18 heavy (non-hydrogen) atoms. The zero-order valence-electron chi connectivity index (χ0n) is 9.77. The van der Waals surface area contributed by atoms with Crippen molar-refractivity contribution in [1.82, 2.24) is 0 Å². The summed E-state index contributed by atoms with van der Waals surface area (Å²) >= 11 is 0. The van der Waals surface area contributed by atoms with E-state index in [1.54, 1.807) is 18.2 Å². The lowest BCUT2D eigenvalue weighted by atomic mass is 10.00. The summed E-state index contributed by atoms with van der Waals surface area (Å²) in [5, 5.41) is 8.63. The molecule has 2 nitrogen and oxygen atoms in total. The molecule has 0 atom stereocenters. The van der Waals surface area contributed by atoms with Crippen LogP contribution in [0.15, 0.2) is 48.5 Å². The van der Waals surface area contributed by atoms with Gasteiger partial charge in [-0.05, 0) is 17.5 Å². The summed E-state index contributed by atoms with van der Waals surface area (Å²) in [6.45, 7) is 0. The first kappa shape index (κ1) is 12.3. The topological polar surface area (TPSA) is 37.3 Å². The fourth-order valence-electron chi connectivity index (χ4n) is 1.86. The molecule has 92 valence electrons. The number of carbonyl (C=O) groups is 1. The number of aliphatic carboxylic acids is 1. The number of halogens is 1. The third kappa shape index (κ3) is 2.74. The van der Waals surface area contributed by atoms with E-state index in [2.05, 4.69) is 0 Å². The minimum Gasteiger partial charge on any atom is -0.481 e. The molecule has 0 aliphatic rings. The van der Waals surface area contributed by atoms with Crippen LogP contribution >= 0.6 is 0 Å². The molecule has 0 saturated carbocycles. The van der Waals surface area contributed by atoms with Crippen molar-refractivity contribution in [2.45, 2.75) is 12.8 Å². The van der Waals surface area contributed by atoms with Gasteiger partial charge in [-0.2, -0.15) is 0 Å². The Balaban J connectivity index is 2.33. The number of rotatable bonds is 4. The van der Waals surface area contributed by atoms with Crippen LogP contribution in [0.5, 0.6) is 0 Å². The van der Waals surface area contributed by atoms with Gasteiger partial charge < -0.3 is 5.11 Å². The van der Waals surface area contributed by atoms with Crippen molar-refractivity contribution in [3.8, 4) is 11.1 Å². The number of hydrogen-bond acceptors (Lipinski definition) is 1. The summed E-state index contributed by atoms with van der Waals surface area (Å²) < 4.78 is 14.2. The molecule has 0 amide bonds. The molecule has 0 aliphatic heterocycles. The van der Waals surface area contributed by atoms with Crippen LogP contribution in [-0.2, 0) is 11.2 Å². The van der Waals surface area contributed by atoms with E-state index in [4.69, 9.17) is 5.11 Å². The molecule has 2 rings (SSSR count). The van der Waals surface area contributed by atoms with Gasteiger partial charge in [0.15, 0.2) is 0 Å². The van der Waals surface area contributed by atoms with Gasteiger partial charge in [-0.15, -0.1) is 0 Å². The second-order valence-corrected chi connectivity index (χ2v) is 4.04. The van der Waals surface area contributed by atoms with Crippen LogP contribution in [0.2, 0.25) is 0 Å². The van der Waals surface area contributed by atoms with Crippen LogP contribution in [0, 0.1) is 5.82 Å². The third-order valence-electron chi connectivity index (χ3n) is 2.77. The summed E-state index contributed by atoms with van der Waals surface area (Å²) in [5.41, 5.74) is 1.75. The van der Waals surface area contributed by atoms with Crippen LogP contribution in [0.1, 0.15) is 12.0 Å². The summed E-state index contributed by atoms with van der Waals surface area (Å²) in [7, 11) is 0. The monoisotopic (exact) mass is 244 g/mol. The molecule has 0 fully saturated rings. The van der Waals surface area contributed by atoms with Crippen LogP contribution in [0.3, 0.4) is 0 Å². The number of carboxylic acid groups (broad SMARTS) is 1. The Morgan fingerprint density at radius 1 is 1.06 bits per heavy atom. The molecule has 0 spiro atoms. The van der Waals surface area contributed by atoms with E-state index in [-0.39, 0.29) is 18.7 Å². The molecule has 0 heterocycles. The average Bonchev–Trinajstić information content (AvgIpc) is 2.38. The molecule has 1 N–H and O–H groups in total. The lowest BCUT2D eigenvalue weighted by molar-refractivity contribution is -0.136. The molecular formula is C15H13FO2. The molecule has 0 radical (unpaired) electrons. The van der Waals surface area contributed by atoms with Gasteiger partial charge in [-0.25, -0.2) is 4.39 Å². The van der Waals surface area contributed by atoms with E-state index in [0.717, 1.165) is 5.56 Å². The van der Waals surface area contributed by atoms with Crippen LogP contribution < -0.4 is 0 Å². The Kier molecular flexibility index (Phi) is 3.72. The van der Waals surface area contributed by atoms with Crippen molar-refractivity contribution in [2.75, 3.05) is 0 Å². The zero-order chi connectivity index (χ0) is 13.0. The Hall–Kier alpha value is -2.16. The molecule has 0 saturated heterocycles. The quantitative estimate of drug-likeness (QED) is 0.893. The lowest BCUT2D eigenvalue weighted by Crippen LogP contribution is -2.00. The van der Waals surface area contributed by atoms with Gasteiger partial charge in [-0.3, -0.25) is 4.79 Å². The Labute approximate surface area is 105 Å². The number of aryl methyl sites for hydroxylation is 1. The molecule has 0 bridgehead atoms. The third-order valence-corrected chi connectivity index (χ3v) is 2.77. The highest BCUT2D eigenvalue weighted by molar-refractivity contribution is 5.68. The lowest BCUT2D eigenvalue weighted by Gasteiger charge is -2.07. The van der Waals surface area contributed by atoms with Crippen molar-refractivity contribution in [3.05, 3.63) is 59.9 Å². The fraction of sp³-hybridized carbons (Fsp3) is 0.133. The molecule has 0 unspecified atom stereocenters. The Morgan fingerprint density at radius 2 is 1.78 bits per heavy atom. The van der Waals surface area contributed by atoms with Crippen molar-refractivity contribution < 1.29 is 14.3 Å². The summed E-state index contributed by atoms with van der Waals surface area (Å²) in [6.07, 6.45) is 0.150. The normalized spacial score (nSPS) is 10.3. The van der Waals surface area contributed by atoms with Gasteiger partial charge in [-0.1, -0.05) is 48.5 Å². The van der Waals surface area contributed by atoms with Gasteiger partial charge in [0, 0.05) is 12.0 Å². The minimum atomic E-state index is -0.917.